The van der Waals surface area contributed by atoms with Gasteiger partial charge in [-0.3, -0.25) is 4.57 Å². The van der Waals surface area contributed by atoms with Crippen LogP contribution in [-0.2, 0) is 18.9 Å². The fraction of sp³-hybridized carbons (Fsp3) is 0.529. The van der Waals surface area contributed by atoms with Crippen molar-refractivity contribution in [2.45, 2.75) is 44.3 Å². The highest BCUT2D eigenvalue weighted by molar-refractivity contribution is 5.81. The maximum Gasteiger partial charge on any atom is 0.510 e. The molecule has 0 unspecified atom stereocenters. The minimum atomic E-state index is -1.52. The Hall–Kier alpha value is -3.01. The number of imidazole rings is 1. The third-order valence-corrected chi connectivity index (χ3v) is 4.19. The van der Waals surface area contributed by atoms with Gasteiger partial charge < -0.3 is 29.8 Å². The van der Waals surface area contributed by atoms with Crippen molar-refractivity contribution >= 4 is 23.1 Å². The van der Waals surface area contributed by atoms with Crippen molar-refractivity contribution in [1.82, 2.24) is 19.5 Å². The molecule has 0 amide bonds. The Morgan fingerprint density at radius 1 is 1.59 bits per heavy atom. The highest BCUT2D eigenvalue weighted by atomic mass is 19.1. The number of carbonyl (C=O) groups excluding carboxylic acids is 1. The number of ether oxygens (including phenoxy) is 4. The molecule has 2 aromatic rings. The van der Waals surface area contributed by atoms with Crippen LogP contribution in [-0.4, -0.2) is 62.0 Å². The molecule has 1 aliphatic heterocycles. The third kappa shape index (κ3) is 4.21. The Morgan fingerprint density at radius 3 is 3.03 bits per heavy atom. The number of aliphatic hydroxyl groups is 1. The largest absolute Gasteiger partial charge is 0.510 e. The SMILES string of the molecule is C#C[C@]1(COCOC(=O)OC(C)C)O[C@@H](n2cnc3c(N)nc(F)nc32)C[C@H]1O. The second kappa shape index (κ2) is 8.16. The van der Waals surface area contributed by atoms with Gasteiger partial charge in [-0.2, -0.15) is 14.4 Å². The van der Waals surface area contributed by atoms with Crippen molar-refractivity contribution in [3.63, 3.8) is 0 Å². The lowest BCUT2D eigenvalue weighted by Crippen LogP contribution is -2.42. The molecule has 0 bridgehead atoms. The van der Waals surface area contributed by atoms with Crippen LogP contribution in [0, 0.1) is 18.4 Å². The number of nitrogens with zero attached hydrogens (tertiary/aromatic N) is 4. The number of nitrogen functional groups attached to an aromatic ring is 1. The number of aliphatic hydroxyl groups excluding tert-OH is 1. The van der Waals surface area contributed by atoms with E-state index >= 15 is 0 Å². The number of halogens is 1. The van der Waals surface area contributed by atoms with Crippen LogP contribution in [0.4, 0.5) is 15.0 Å². The Balaban J connectivity index is 1.69. The van der Waals surface area contributed by atoms with Gasteiger partial charge in [0, 0.05) is 6.42 Å². The fourth-order valence-corrected chi connectivity index (χ4v) is 2.85. The van der Waals surface area contributed by atoms with E-state index in [1.807, 2.05) is 0 Å². The summed E-state index contributed by atoms with van der Waals surface area (Å²) in [5.41, 5.74) is 4.41. The highest BCUT2D eigenvalue weighted by Crippen LogP contribution is 2.38. The van der Waals surface area contributed by atoms with Crippen LogP contribution in [0.25, 0.3) is 11.2 Å². The maximum absolute atomic E-state index is 13.5. The molecule has 0 radical (unpaired) electrons. The van der Waals surface area contributed by atoms with E-state index in [2.05, 4.69) is 20.9 Å². The van der Waals surface area contributed by atoms with Crippen molar-refractivity contribution in [3.05, 3.63) is 12.4 Å². The molecular formula is C17H20FN5O6. The number of terminal acetylenes is 1. The van der Waals surface area contributed by atoms with Gasteiger partial charge in [-0.15, -0.1) is 6.42 Å². The van der Waals surface area contributed by atoms with Gasteiger partial charge in [0.25, 0.3) is 0 Å². The lowest BCUT2D eigenvalue weighted by atomic mass is 9.99. The summed E-state index contributed by atoms with van der Waals surface area (Å²) < 4.78 is 35.6. The molecule has 29 heavy (non-hydrogen) atoms. The first-order valence-electron chi connectivity index (χ1n) is 8.66. The zero-order valence-corrected chi connectivity index (χ0v) is 15.7. The van der Waals surface area contributed by atoms with E-state index in [1.54, 1.807) is 13.8 Å². The minimum Gasteiger partial charge on any atom is -0.432 e. The standard InChI is InChI=1S/C17H20FN5O6/c1-4-17(6-26-8-27-16(25)28-9(2)3)10(24)5-11(29-17)23-7-20-12-13(19)21-15(18)22-14(12)23/h1,7,9-11,24H,5-6,8H2,2-3H3,(H2,19,21,22)/t10-,11-,17-/m1/s1. The molecule has 12 heteroatoms. The summed E-state index contributed by atoms with van der Waals surface area (Å²) in [6.07, 6.45) is 2.77. The van der Waals surface area contributed by atoms with E-state index in [0.717, 1.165) is 0 Å². The quantitative estimate of drug-likeness (QED) is 0.230. The number of anilines is 1. The van der Waals surface area contributed by atoms with E-state index in [4.69, 9.17) is 31.1 Å². The number of nitrogens with two attached hydrogens (primary N) is 1. The van der Waals surface area contributed by atoms with Gasteiger partial charge in [-0.25, -0.2) is 9.78 Å². The number of carbonyl (C=O) groups is 1. The molecule has 1 aliphatic rings. The van der Waals surface area contributed by atoms with E-state index in [0.29, 0.717) is 0 Å². The van der Waals surface area contributed by atoms with Crippen molar-refractivity contribution in [2.75, 3.05) is 19.1 Å². The van der Waals surface area contributed by atoms with Crippen LogP contribution in [0.3, 0.4) is 0 Å². The molecular weight excluding hydrogens is 389 g/mol. The van der Waals surface area contributed by atoms with Crippen LogP contribution in [0.15, 0.2) is 6.33 Å². The van der Waals surface area contributed by atoms with Crippen molar-refractivity contribution < 1.29 is 33.2 Å². The van der Waals surface area contributed by atoms with Crippen molar-refractivity contribution in [1.29, 1.82) is 0 Å². The van der Waals surface area contributed by atoms with Gasteiger partial charge in [-0.1, -0.05) is 5.92 Å². The summed E-state index contributed by atoms with van der Waals surface area (Å²) in [6, 6.07) is 0. The summed E-state index contributed by atoms with van der Waals surface area (Å²) in [7, 11) is 0. The molecule has 2 aromatic heterocycles. The van der Waals surface area contributed by atoms with Crippen molar-refractivity contribution in [2.24, 2.45) is 0 Å². The van der Waals surface area contributed by atoms with Gasteiger partial charge in [-0.05, 0) is 13.8 Å². The first-order valence-corrected chi connectivity index (χ1v) is 8.66. The lowest BCUT2D eigenvalue weighted by Gasteiger charge is -2.26. The Bertz CT molecular complexity index is 944. The molecule has 0 saturated carbocycles. The van der Waals surface area contributed by atoms with Crippen LogP contribution < -0.4 is 5.73 Å². The summed E-state index contributed by atoms with van der Waals surface area (Å²) in [4.78, 5) is 22.5. The topological polar surface area (TPSA) is 144 Å². The lowest BCUT2D eigenvalue weighted by molar-refractivity contribution is -0.133. The van der Waals surface area contributed by atoms with Gasteiger partial charge >= 0.3 is 12.2 Å². The zero-order chi connectivity index (χ0) is 21.2. The van der Waals surface area contributed by atoms with Crippen LogP contribution in [0.5, 0.6) is 0 Å². The first kappa shape index (κ1) is 20.7. The smallest absolute Gasteiger partial charge is 0.432 e. The second-order valence-electron chi connectivity index (χ2n) is 6.59. The van der Waals surface area contributed by atoms with Gasteiger partial charge in [0.15, 0.2) is 29.4 Å². The molecule has 1 fully saturated rings. The average molecular weight is 409 g/mol. The summed E-state index contributed by atoms with van der Waals surface area (Å²) in [5.74, 6) is 2.25. The summed E-state index contributed by atoms with van der Waals surface area (Å²) in [5, 5.41) is 10.5. The molecule has 3 N–H and O–H groups in total. The van der Waals surface area contributed by atoms with E-state index < -0.39 is 37.0 Å². The molecule has 11 nitrogen and oxygen atoms in total. The van der Waals surface area contributed by atoms with Crippen LogP contribution >= 0.6 is 0 Å². The first-order chi connectivity index (χ1) is 13.8. The van der Waals surface area contributed by atoms with Gasteiger partial charge in [0.2, 0.25) is 0 Å². The molecule has 3 rings (SSSR count). The molecule has 3 atom stereocenters. The van der Waals surface area contributed by atoms with Crippen molar-refractivity contribution in [3.8, 4) is 12.3 Å². The normalized spacial score (nSPS) is 24.0. The van der Waals surface area contributed by atoms with Gasteiger partial charge in [0.1, 0.15) is 12.3 Å². The predicted molar refractivity (Wildman–Crippen MR) is 95.5 cm³/mol. The summed E-state index contributed by atoms with van der Waals surface area (Å²) >= 11 is 0. The number of rotatable bonds is 6. The molecule has 3 heterocycles. The molecule has 1 saturated heterocycles. The highest BCUT2D eigenvalue weighted by Gasteiger charge is 2.48. The Morgan fingerprint density at radius 2 is 2.34 bits per heavy atom. The second-order valence-corrected chi connectivity index (χ2v) is 6.59. The van der Waals surface area contributed by atoms with E-state index in [-0.39, 0.29) is 36.1 Å². The van der Waals surface area contributed by atoms with Crippen LogP contribution in [0.1, 0.15) is 26.5 Å². The molecule has 0 spiro atoms. The predicted octanol–water partition coefficient (Wildman–Crippen LogP) is 0.735. The number of aromatic nitrogens is 4. The molecule has 0 aromatic carbocycles. The third-order valence-electron chi connectivity index (χ3n) is 4.19. The fourth-order valence-electron chi connectivity index (χ4n) is 2.85. The summed E-state index contributed by atoms with van der Waals surface area (Å²) in [6.45, 7) is 2.62. The number of fused-ring (bicyclic) bond motifs is 1. The monoisotopic (exact) mass is 409 g/mol. The average Bonchev–Trinajstić information content (AvgIpc) is 3.20. The minimum absolute atomic E-state index is 0.0563. The van der Waals surface area contributed by atoms with Gasteiger partial charge in [0.05, 0.1) is 19.0 Å². The molecule has 0 aliphatic carbocycles. The van der Waals surface area contributed by atoms with E-state index in [1.165, 1.54) is 10.9 Å². The Kier molecular flexibility index (Phi) is 5.83. The number of hydrogen-bond acceptors (Lipinski definition) is 10. The zero-order valence-electron chi connectivity index (χ0n) is 15.7. The van der Waals surface area contributed by atoms with Crippen LogP contribution in [0.2, 0.25) is 0 Å². The van der Waals surface area contributed by atoms with E-state index in [9.17, 15) is 14.3 Å². The Labute approximate surface area is 164 Å². The number of hydrogen-bond donors (Lipinski definition) is 2. The molecule has 156 valence electrons. The maximum atomic E-state index is 13.5.